The summed E-state index contributed by atoms with van der Waals surface area (Å²) >= 11 is 0. The SMILES string of the molecule is [Al+3].[As-3].[In+3].[N-3]. The molecule has 0 unspecified atom stereocenters. The maximum absolute atomic E-state index is 0. The molecular formula is AlAsInN. The summed E-state index contributed by atoms with van der Waals surface area (Å²) < 4.78 is 0. The molecule has 0 aliphatic rings. The van der Waals surface area contributed by atoms with Gasteiger partial charge in [-0.25, -0.2) is 0 Å². The van der Waals surface area contributed by atoms with E-state index in [1.54, 1.807) is 0 Å². The Bertz CT molecular complexity index is 8.00. The van der Waals surface area contributed by atoms with Crippen LogP contribution < -0.4 is 0 Å². The van der Waals surface area contributed by atoms with E-state index in [-0.39, 0.29) is 67.3 Å². The molecule has 0 aliphatic heterocycles. The molecule has 0 rings (SSSR count). The van der Waals surface area contributed by atoms with Crippen LogP contribution in [0, 0.1) is 0 Å². The van der Waals surface area contributed by atoms with Crippen LogP contribution in [-0.2, 0) is 0 Å². The fourth-order valence-corrected chi connectivity index (χ4v) is 0. The summed E-state index contributed by atoms with van der Waals surface area (Å²) in [4.78, 5) is 0. The first-order valence-corrected chi connectivity index (χ1v) is 0. The summed E-state index contributed by atoms with van der Waals surface area (Å²) in [6, 6.07) is 0. The summed E-state index contributed by atoms with van der Waals surface area (Å²) in [5, 5.41) is 0. The number of hydrogen-bond acceptors (Lipinski definition) is 0. The summed E-state index contributed by atoms with van der Waals surface area (Å²) in [6.07, 6.45) is 0. The van der Waals surface area contributed by atoms with Crippen LogP contribution >= 0.6 is 0 Å². The van der Waals surface area contributed by atoms with Gasteiger partial charge in [-0.2, -0.15) is 0 Å². The van der Waals surface area contributed by atoms with Crippen molar-refractivity contribution >= 4 is 61.2 Å². The molecule has 0 aromatic carbocycles. The molecule has 0 fully saturated rings. The standard InChI is InChI=1S/Al.As.In.N/q+3;-3;+3;-3. The molecule has 16 valence electrons. The Hall–Kier alpha value is 1.92. The maximum atomic E-state index is 0. The molecule has 0 aliphatic carbocycles. The molecule has 0 N–H and O–H groups in total. The third-order valence-corrected chi connectivity index (χ3v) is 0. The Morgan fingerprint density at radius 1 is 1.00 bits per heavy atom. The van der Waals surface area contributed by atoms with Gasteiger partial charge in [0.2, 0.25) is 0 Å². The van der Waals surface area contributed by atoms with Crippen LogP contribution in [0.15, 0.2) is 0 Å². The quantitative estimate of drug-likeness (QED) is 0.486. The average molecular weight is 231 g/mol. The Labute approximate surface area is 66.7 Å². The second kappa shape index (κ2) is 20.5. The van der Waals surface area contributed by atoms with Crippen molar-refractivity contribution in [2.45, 2.75) is 0 Å². The van der Waals surface area contributed by atoms with E-state index in [4.69, 9.17) is 0 Å². The van der Waals surface area contributed by atoms with E-state index in [1.807, 2.05) is 0 Å². The summed E-state index contributed by atoms with van der Waals surface area (Å²) in [7, 11) is 0. The molecule has 4 heavy (non-hydrogen) atoms. The molecule has 0 atom stereocenters. The van der Waals surface area contributed by atoms with Crippen LogP contribution in [0.25, 0.3) is 6.15 Å². The number of hydrogen-bond donors (Lipinski definition) is 0. The van der Waals surface area contributed by atoms with Gasteiger partial charge in [0.15, 0.2) is 0 Å². The first-order valence-electron chi connectivity index (χ1n) is 0. The normalized spacial score (nSPS) is 0. The van der Waals surface area contributed by atoms with E-state index in [1.165, 1.54) is 0 Å². The number of rotatable bonds is 0. The van der Waals surface area contributed by atoms with E-state index < -0.39 is 0 Å². The molecule has 0 spiro atoms. The van der Waals surface area contributed by atoms with Crippen molar-refractivity contribution in [2.24, 2.45) is 0 Å². The molecular weight excluding hydrogens is 231 g/mol. The van der Waals surface area contributed by atoms with Gasteiger partial charge < -0.3 is 24.1 Å². The molecule has 0 aromatic heterocycles. The van der Waals surface area contributed by atoms with Gasteiger partial charge in [-0.15, -0.1) is 0 Å². The van der Waals surface area contributed by atoms with Gasteiger partial charge in [-0.05, 0) is 0 Å². The van der Waals surface area contributed by atoms with Crippen molar-refractivity contribution in [1.82, 2.24) is 0 Å². The third kappa shape index (κ3) is 9.07. The van der Waals surface area contributed by atoms with Crippen molar-refractivity contribution in [3.63, 3.8) is 0 Å². The molecule has 0 saturated carbocycles. The summed E-state index contributed by atoms with van der Waals surface area (Å²) in [5.41, 5.74) is 0. The van der Waals surface area contributed by atoms with Gasteiger partial charge in [-0.1, -0.05) is 0 Å². The Morgan fingerprint density at radius 2 is 1.00 bits per heavy atom. The maximum Gasteiger partial charge on any atom is 3.00 e. The predicted molar refractivity (Wildman–Crippen MR) is 20.6 cm³/mol. The zero-order valence-electron chi connectivity index (χ0n) is 2.05. The van der Waals surface area contributed by atoms with Gasteiger partial charge in [0.1, 0.15) is 0 Å². The van der Waals surface area contributed by atoms with Gasteiger partial charge in [-0.3, -0.25) is 0 Å². The van der Waals surface area contributed by atoms with Crippen molar-refractivity contribution in [3.05, 3.63) is 6.15 Å². The van der Waals surface area contributed by atoms with E-state index in [2.05, 4.69) is 0 Å². The Kier molecular flexibility index (Phi) is 199. The fraction of sp³-hybridized carbons (Fsp3) is 0. The molecule has 1 nitrogen and oxygen atoms in total. The van der Waals surface area contributed by atoms with Crippen molar-refractivity contribution in [3.8, 4) is 0 Å². The van der Waals surface area contributed by atoms with E-state index in [0.717, 1.165) is 0 Å². The smallest absolute Gasteiger partial charge is 3.00 e. The van der Waals surface area contributed by atoms with Gasteiger partial charge >= 0.3 is 43.2 Å². The third-order valence-electron chi connectivity index (χ3n) is 0. The Balaban J connectivity index is 0. The zero-order valence-corrected chi connectivity index (χ0v) is 8.38. The molecule has 0 radical (unpaired) electrons. The number of nitrogens with zero attached hydrogens (tertiary/aromatic N) is 1. The summed E-state index contributed by atoms with van der Waals surface area (Å²) in [5.74, 6) is 0. The van der Waals surface area contributed by atoms with Crippen LogP contribution in [-0.4, -0.2) is 61.2 Å². The fourth-order valence-electron chi connectivity index (χ4n) is 0. The van der Waals surface area contributed by atoms with E-state index in [9.17, 15) is 0 Å². The first kappa shape index (κ1) is 38.9. The molecule has 4 heteroatoms. The molecule has 0 aromatic rings. The topological polar surface area (TPSA) is 30.5 Å². The second-order valence-corrected chi connectivity index (χ2v) is 0. The minimum Gasteiger partial charge on any atom is -3.00 e. The van der Waals surface area contributed by atoms with Crippen LogP contribution in [0.5, 0.6) is 0 Å². The first-order chi connectivity index (χ1) is 0. The Morgan fingerprint density at radius 3 is 1.00 bits per heavy atom. The van der Waals surface area contributed by atoms with Crippen LogP contribution in [0.1, 0.15) is 0 Å². The molecule has 0 amide bonds. The minimum atomic E-state index is 0. The van der Waals surface area contributed by atoms with Crippen molar-refractivity contribution in [2.75, 3.05) is 0 Å². The second-order valence-electron chi connectivity index (χ2n) is 0. The van der Waals surface area contributed by atoms with Gasteiger partial charge in [0.25, 0.3) is 0 Å². The van der Waals surface area contributed by atoms with Crippen LogP contribution in [0.4, 0.5) is 0 Å². The average Bonchev–Trinajstić information content (AvgIpc) is 0. The van der Waals surface area contributed by atoms with Crippen LogP contribution in [0.3, 0.4) is 0 Å². The van der Waals surface area contributed by atoms with E-state index in [0.29, 0.717) is 0 Å². The van der Waals surface area contributed by atoms with Crippen LogP contribution in [0.2, 0.25) is 0 Å². The predicted octanol–water partition coefficient (Wildman–Crippen LogP) is -0.854. The minimum absolute atomic E-state index is 0. The molecule has 0 bridgehead atoms. The zero-order chi connectivity index (χ0) is 0. The van der Waals surface area contributed by atoms with E-state index >= 15 is 0 Å². The van der Waals surface area contributed by atoms with Gasteiger partial charge in [0, 0.05) is 0 Å². The molecule has 0 saturated heterocycles. The van der Waals surface area contributed by atoms with Crippen molar-refractivity contribution < 1.29 is 0 Å². The van der Waals surface area contributed by atoms with Crippen molar-refractivity contribution in [1.29, 1.82) is 0 Å². The largest absolute Gasteiger partial charge is 3.00 e. The van der Waals surface area contributed by atoms with Gasteiger partial charge in [0.05, 0.1) is 0 Å². The molecule has 0 heterocycles. The monoisotopic (exact) mass is 231 g/mol. The summed E-state index contributed by atoms with van der Waals surface area (Å²) in [6.45, 7) is 0.